The lowest BCUT2D eigenvalue weighted by Crippen LogP contribution is -2.13. The average Bonchev–Trinajstić information content (AvgIpc) is 3.21. The lowest BCUT2D eigenvalue weighted by molar-refractivity contribution is -0.112. The number of benzene rings is 3. The Labute approximate surface area is 210 Å². The van der Waals surface area contributed by atoms with E-state index in [2.05, 4.69) is 41.9 Å². The van der Waals surface area contributed by atoms with Gasteiger partial charge in [0.15, 0.2) is 0 Å². The second-order valence-corrected chi connectivity index (χ2v) is 8.97. The van der Waals surface area contributed by atoms with Crippen molar-refractivity contribution in [3.05, 3.63) is 101 Å². The Hall–Kier alpha value is -4.37. The van der Waals surface area contributed by atoms with Crippen molar-refractivity contribution in [2.45, 2.75) is 33.2 Å². The second-order valence-electron chi connectivity index (χ2n) is 8.97. The number of aryl methyl sites for hydroxylation is 1. The van der Waals surface area contributed by atoms with Gasteiger partial charge in [0.25, 0.3) is 5.91 Å². The molecule has 4 aromatic rings. The number of para-hydroxylation sites is 1. The number of nitrogens with one attached hydrogen (secondary N) is 1. The van der Waals surface area contributed by atoms with Crippen molar-refractivity contribution in [3.8, 4) is 11.8 Å². The van der Waals surface area contributed by atoms with Crippen LogP contribution in [-0.4, -0.2) is 17.1 Å². The highest BCUT2D eigenvalue weighted by atomic mass is 19.1. The normalized spacial score (nSPS) is 11.5. The van der Waals surface area contributed by atoms with Crippen LogP contribution in [0.1, 0.15) is 36.5 Å². The number of fused-ring (bicyclic) bond motifs is 1. The summed E-state index contributed by atoms with van der Waals surface area (Å²) in [4.78, 5) is 12.7. The first-order valence-corrected chi connectivity index (χ1v) is 11.9. The molecule has 5 nitrogen and oxygen atoms in total. The monoisotopic (exact) mass is 481 g/mol. The molecule has 3 aromatic carbocycles. The fraction of sp³-hybridized carbons (Fsp3) is 0.200. The van der Waals surface area contributed by atoms with Crippen LogP contribution >= 0.6 is 0 Å². The third kappa shape index (κ3) is 5.64. The number of carbonyl (C=O) groups excluding carboxylic acids is 1. The molecular formula is C30H28FN3O2. The summed E-state index contributed by atoms with van der Waals surface area (Å²) in [6.07, 6.45) is 3.51. The van der Waals surface area contributed by atoms with Gasteiger partial charge >= 0.3 is 0 Å². The van der Waals surface area contributed by atoms with Crippen molar-refractivity contribution in [1.29, 1.82) is 5.26 Å². The van der Waals surface area contributed by atoms with Gasteiger partial charge in [-0.05, 0) is 66.4 Å². The maximum Gasteiger partial charge on any atom is 0.266 e. The molecule has 0 saturated heterocycles. The highest BCUT2D eigenvalue weighted by Gasteiger charge is 2.14. The van der Waals surface area contributed by atoms with E-state index >= 15 is 0 Å². The van der Waals surface area contributed by atoms with Crippen LogP contribution in [0.15, 0.2) is 78.5 Å². The molecule has 0 unspecified atom stereocenters. The zero-order chi connectivity index (χ0) is 25.7. The lowest BCUT2D eigenvalue weighted by Gasteiger charge is -2.15. The third-order valence-electron chi connectivity index (χ3n) is 5.97. The third-order valence-corrected chi connectivity index (χ3v) is 5.97. The summed E-state index contributed by atoms with van der Waals surface area (Å²) < 4.78 is 21.4. The van der Waals surface area contributed by atoms with Crippen LogP contribution in [0, 0.1) is 24.1 Å². The van der Waals surface area contributed by atoms with Gasteiger partial charge in [-0.15, -0.1) is 0 Å². The van der Waals surface area contributed by atoms with Gasteiger partial charge in [-0.25, -0.2) is 4.39 Å². The number of amides is 1. The van der Waals surface area contributed by atoms with Crippen LogP contribution in [0.4, 0.5) is 10.1 Å². The Balaban J connectivity index is 1.56. The smallest absolute Gasteiger partial charge is 0.266 e. The van der Waals surface area contributed by atoms with Gasteiger partial charge in [0.05, 0.1) is 6.54 Å². The average molecular weight is 482 g/mol. The van der Waals surface area contributed by atoms with Gasteiger partial charge in [0, 0.05) is 28.4 Å². The number of rotatable bonds is 8. The zero-order valence-electron chi connectivity index (χ0n) is 20.6. The molecule has 0 aliphatic rings. The molecule has 36 heavy (non-hydrogen) atoms. The predicted molar refractivity (Wildman–Crippen MR) is 141 cm³/mol. The zero-order valence-corrected chi connectivity index (χ0v) is 20.6. The first kappa shape index (κ1) is 24.7. The second kappa shape index (κ2) is 10.9. The predicted octanol–water partition coefficient (Wildman–Crippen LogP) is 6.84. The standard InChI is InChI=1S/C30H28FN3O2/c1-20(2)26-13-8-21(3)16-29(26)36-15-14-34-19-23(27-6-4-5-7-28(27)34)17-22(18-32)30(35)33-25-11-9-24(31)10-12-25/h4-13,16-17,19-20H,14-15H2,1-3H3,(H,33,35). The lowest BCUT2D eigenvalue weighted by atomic mass is 10.0. The maximum absolute atomic E-state index is 13.2. The fourth-order valence-corrected chi connectivity index (χ4v) is 4.11. The Morgan fingerprint density at radius 1 is 1.14 bits per heavy atom. The van der Waals surface area contributed by atoms with E-state index in [9.17, 15) is 14.4 Å². The van der Waals surface area contributed by atoms with E-state index in [-0.39, 0.29) is 5.57 Å². The summed E-state index contributed by atoms with van der Waals surface area (Å²) >= 11 is 0. The highest BCUT2D eigenvalue weighted by molar-refractivity contribution is 6.10. The van der Waals surface area contributed by atoms with E-state index in [1.165, 1.54) is 29.8 Å². The first-order chi connectivity index (χ1) is 17.4. The number of hydrogen-bond donors (Lipinski definition) is 1. The number of ether oxygens (including phenoxy) is 1. The number of anilines is 1. The van der Waals surface area contributed by atoms with Gasteiger partial charge in [0.2, 0.25) is 0 Å². The molecule has 0 bridgehead atoms. The summed E-state index contributed by atoms with van der Waals surface area (Å²) in [5.74, 6) is 0.301. The summed E-state index contributed by atoms with van der Waals surface area (Å²) in [6, 6.07) is 21.5. The molecular weight excluding hydrogens is 453 g/mol. The van der Waals surface area contributed by atoms with Gasteiger partial charge < -0.3 is 14.6 Å². The summed E-state index contributed by atoms with van der Waals surface area (Å²) in [5.41, 5.74) is 4.44. The van der Waals surface area contributed by atoms with E-state index < -0.39 is 11.7 Å². The quantitative estimate of drug-likeness (QED) is 0.221. The van der Waals surface area contributed by atoms with Crippen LogP contribution in [0.2, 0.25) is 0 Å². The summed E-state index contributed by atoms with van der Waals surface area (Å²) in [7, 11) is 0. The number of nitrogens with zero attached hydrogens (tertiary/aromatic N) is 2. The molecule has 1 aromatic heterocycles. The minimum atomic E-state index is -0.551. The summed E-state index contributed by atoms with van der Waals surface area (Å²) in [6.45, 7) is 7.42. The molecule has 0 saturated carbocycles. The van der Waals surface area contributed by atoms with Crippen LogP contribution in [0.3, 0.4) is 0 Å². The van der Waals surface area contributed by atoms with E-state index in [1.54, 1.807) is 6.08 Å². The van der Waals surface area contributed by atoms with Crippen molar-refractivity contribution in [1.82, 2.24) is 4.57 Å². The number of carbonyl (C=O) groups is 1. The number of hydrogen-bond acceptors (Lipinski definition) is 3. The Morgan fingerprint density at radius 2 is 1.89 bits per heavy atom. The topological polar surface area (TPSA) is 67.0 Å². The SMILES string of the molecule is Cc1ccc(C(C)C)c(OCCn2cc(C=C(C#N)C(=O)Nc3ccc(F)cc3)c3ccccc32)c1. The minimum absolute atomic E-state index is 0.0418. The minimum Gasteiger partial charge on any atom is -0.491 e. The van der Waals surface area contributed by atoms with Crippen LogP contribution in [0.25, 0.3) is 17.0 Å². The van der Waals surface area contributed by atoms with Crippen LogP contribution in [-0.2, 0) is 11.3 Å². The van der Waals surface area contributed by atoms with Gasteiger partial charge in [0.1, 0.15) is 29.8 Å². The maximum atomic E-state index is 13.2. The molecule has 6 heteroatoms. The first-order valence-electron chi connectivity index (χ1n) is 11.9. The van der Waals surface area contributed by atoms with Crippen LogP contribution < -0.4 is 10.1 Å². The molecule has 0 radical (unpaired) electrons. The molecule has 1 amide bonds. The molecule has 4 rings (SSSR count). The van der Waals surface area contributed by atoms with Crippen molar-refractivity contribution in [2.24, 2.45) is 0 Å². The van der Waals surface area contributed by atoms with Gasteiger partial charge in [-0.3, -0.25) is 4.79 Å². The molecule has 0 atom stereocenters. The van der Waals surface area contributed by atoms with E-state index in [0.717, 1.165) is 27.8 Å². The van der Waals surface area contributed by atoms with E-state index in [1.807, 2.05) is 43.5 Å². The largest absolute Gasteiger partial charge is 0.491 e. The molecule has 182 valence electrons. The van der Waals surface area contributed by atoms with Gasteiger partial charge in [-0.1, -0.05) is 44.2 Å². The fourth-order valence-electron chi connectivity index (χ4n) is 4.11. The number of aromatic nitrogens is 1. The Kier molecular flexibility index (Phi) is 7.50. The van der Waals surface area contributed by atoms with E-state index in [4.69, 9.17) is 4.74 Å². The van der Waals surface area contributed by atoms with Crippen molar-refractivity contribution >= 4 is 28.6 Å². The van der Waals surface area contributed by atoms with E-state index in [0.29, 0.717) is 24.8 Å². The number of nitriles is 1. The van der Waals surface area contributed by atoms with Gasteiger partial charge in [-0.2, -0.15) is 5.26 Å². The molecule has 1 heterocycles. The van der Waals surface area contributed by atoms with Crippen molar-refractivity contribution in [3.63, 3.8) is 0 Å². The summed E-state index contributed by atoms with van der Waals surface area (Å²) in [5, 5.41) is 13.2. The van der Waals surface area contributed by atoms with Crippen molar-refractivity contribution < 1.29 is 13.9 Å². The molecule has 0 aliphatic heterocycles. The Bertz CT molecular complexity index is 1460. The Morgan fingerprint density at radius 3 is 2.61 bits per heavy atom. The molecule has 0 fully saturated rings. The van der Waals surface area contributed by atoms with Crippen molar-refractivity contribution in [2.75, 3.05) is 11.9 Å². The number of halogens is 1. The highest BCUT2D eigenvalue weighted by Crippen LogP contribution is 2.28. The molecule has 1 N–H and O–H groups in total. The molecule has 0 spiro atoms. The van der Waals surface area contributed by atoms with Crippen LogP contribution in [0.5, 0.6) is 5.75 Å². The molecule has 0 aliphatic carbocycles.